The van der Waals surface area contributed by atoms with Crippen LogP contribution in [0, 0.1) is 0 Å². The Bertz CT molecular complexity index is 334. The molecule has 0 aromatic carbocycles. The maximum Gasteiger partial charge on any atom is 0.698 e. The summed E-state index contributed by atoms with van der Waals surface area (Å²) in [5.41, 5.74) is -0.552. The van der Waals surface area contributed by atoms with Crippen molar-refractivity contribution in [3.05, 3.63) is 0 Å². The van der Waals surface area contributed by atoms with Crippen molar-refractivity contribution < 1.29 is 13.6 Å². The van der Waals surface area contributed by atoms with Crippen LogP contribution in [0.25, 0.3) is 0 Å². The van der Waals surface area contributed by atoms with Gasteiger partial charge in [0.1, 0.15) is 11.2 Å². The highest BCUT2D eigenvalue weighted by Crippen LogP contribution is 2.46. The van der Waals surface area contributed by atoms with E-state index >= 15 is 0 Å². The van der Waals surface area contributed by atoms with Crippen LogP contribution in [-0.2, 0) is 13.6 Å². The van der Waals surface area contributed by atoms with Crippen LogP contribution in [0.15, 0.2) is 0 Å². The minimum Gasteiger partial charge on any atom is -0.112 e. The Balaban J connectivity index is 5.37. The Morgan fingerprint density at radius 1 is 0.500 bits per heavy atom. The number of unbranched alkanes of at least 4 members (excludes halogenated alkanes) is 4. The number of hydrogen-bond donors (Lipinski definition) is 0. The molecule has 3 nitrogen and oxygen atoms in total. The molecule has 0 aliphatic heterocycles. The van der Waals surface area contributed by atoms with Crippen molar-refractivity contribution in [2.75, 3.05) is 0 Å². The van der Waals surface area contributed by atoms with Crippen LogP contribution in [-0.4, -0.2) is 11.2 Å². The van der Waals surface area contributed by atoms with Crippen LogP contribution in [0.5, 0.6) is 0 Å². The van der Waals surface area contributed by atoms with Gasteiger partial charge in [0.25, 0.3) is 0 Å². The van der Waals surface area contributed by atoms with Gasteiger partial charge >= 0.3 is 8.25 Å². The molecule has 0 fully saturated rings. The molecule has 0 spiro atoms. The van der Waals surface area contributed by atoms with Crippen molar-refractivity contribution >= 4 is 8.25 Å². The summed E-state index contributed by atoms with van der Waals surface area (Å²) in [7, 11) is -2.10. The van der Waals surface area contributed by atoms with E-state index in [1.165, 1.54) is 0 Å². The molecule has 28 heavy (non-hydrogen) atoms. The van der Waals surface area contributed by atoms with Gasteiger partial charge in [0, 0.05) is 4.57 Å². The molecule has 0 aliphatic carbocycles. The molecule has 0 saturated heterocycles. The molecule has 0 aromatic rings. The molecule has 0 saturated carbocycles. The minimum atomic E-state index is -2.10. The molecule has 0 amide bonds. The highest BCUT2D eigenvalue weighted by molar-refractivity contribution is 7.33. The van der Waals surface area contributed by atoms with Crippen molar-refractivity contribution in [3.63, 3.8) is 0 Å². The first-order valence-electron chi connectivity index (χ1n) is 12.3. The quantitative estimate of drug-likeness (QED) is 0.185. The van der Waals surface area contributed by atoms with E-state index in [9.17, 15) is 4.57 Å². The Labute approximate surface area is 177 Å². The second-order valence-corrected chi connectivity index (χ2v) is 9.50. The van der Waals surface area contributed by atoms with Crippen molar-refractivity contribution in [2.45, 2.75) is 155 Å². The van der Waals surface area contributed by atoms with Gasteiger partial charge in [-0.1, -0.05) is 106 Å². The zero-order chi connectivity index (χ0) is 21.3. The smallest absolute Gasteiger partial charge is 0.112 e. The van der Waals surface area contributed by atoms with Crippen LogP contribution in [0.1, 0.15) is 144 Å². The molecule has 168 valence electrons. The Morgan fingerprint density at radius 3 is 1.00 bits per heavy atom. The Kier molecular flexibility index (Phi) is 16.8. The standard InChI is InChI=1S/C24H50O3P/c1-7-13-19-23(17-11-5,20-14-8-2)26-28(25)27-24(18-12-6,21-15-9-3)22-16-10-4/h7-22H2,1-6H3/q+1. The molecule has 0 heterocycles. The van der Waals surface area contributed by atoms with Gasteiger partial charge in [0.05, 0.1) is 0 Å². The lowest BCUT2D eigenvalue weighted by atomic mass is 9.87. The van der Waals surface area contributed by atoms with Gasteiger partial charge in [-0.2, -0.15) is 0 Å². The molecule has 0 N–H and O–H groups in total. The molecule has 0 unspecified atom stereocenters. The highest BCUT2D eigenvalue weighted by atomic mass is 31.1. The molecule has 0 aliphatic rings. The van der Waals surface area contributed by atoms with Crippen molar-refractivity contribution in [2.24, 2.45) is 0 Å². The lowest BCUT2D eigenvalue weighted by molar-refractivity contribution is -0.0165. The molecule has 0 radical (unpaired) electrons. The van der Waals surface area contributed by atoms with Gasteiger partial charge in [0.2, 0.25) is 0 Å². The van der Waals surface area contributed by atoms with Gasteiger partial charge in [0.15, 0.2) is 0 Å². The average molecular weight is 418 g/mol. The van der Waals surface area contributed by atoms with E-state index < -0.39 is 8.25 Å². The van der Waals surface area contributed by atoms with Crippen molar-refractivity contribution in [1.82, 2.24) is 0 Å². The monoisotopic (exact) mass is 417 g/mol. The zero-order valence-corrected chi connectivity index (χ0v) is 20.9. The summed E-state index contributed by atoms with van der Waals surface area (Å²) < 4.78 is 25.8. The summed E-state index contributed by atoms with van der Waals surface area (Å²) in [6.07, 6.45) is 17.1. The van der Waals surface area contributed by atoms with E-state index in [0.717, 1.165) is 103 Å². The molecule has 0 bridgehead atoms. The SMILES string of the molecule is CCCCC(CCC)(CCCC)O[P+](=O)OC(CCC)(CCCC)CCCC. The van der Waals surface area contributed by atoms with Crippen LogP contribution < -0.4 is 0 Å². The van der Waals surface area contributed by atoms with Gasteiger partial charge in [-0.25, -0.2) is 0 Å². The summed E-state index contributed by atoms with van der Waals surface area (Å²) >= 11 is 0. The van der Waals surface area contributed by atoms with Crippen molar-refractivity contribution in [1.29, 1.82) is 0 Å². The van der Waals surface area contributed by atoms with Gasteiger partial charge in [-0.15, -0.1) is 9.05 Å². The predicted octanol–water partition coefficient (Wildman–Crippen LogP) is 9.52. The van der Waals surface area contributed by atoms with E-state index in [4.69, 9.17) is 9.05 Å². The molecule has 0 rings (SSSR count). The lowest BCUT2D eigenvalue weighted by Crippen LogP contribution is -2.34. The van der Waals surface area contributed by atoms with Crippen molar-refractivity contribution in [3.8, 4) is 0 Å². The second-order valence-electron chi connectivity index (χ2n) is 8.69. The summed E-state index contributed by atoms with van der Waals surface area (Å²) in [5, 5.41) is 0. The van der Waals surface area contributed by atoms with Gasteiger partial charge in [-0.05, 0) is 38.5 Å². The number of rotatable bonds is 20. The van der Waals surface area contributed by atoms with E-state index in [1.807, 2.05) is 0 Å². The van der Waals surface area contributed by atoms with E-state index in [0.29, 0.717) is 0 Å². The molecule has 4 heteroatoms. The topological polar surface area (TPSA) is 35.5 Å². The second kappa shape index (κ2) is 16.8. The maximum atomic E-state index is 13.2. The van der Waals surface area contributed by atoms with Crippen LogP contribution in [0.2, 0.25) is 0 Å². The fraction of sp³-hybridized carbons (Fsp3) is 1.00. The zero-order valence-electron chi connectivity index (χ0n) is 20.0. The average Bonchev–Trinajstić information content (AvgIpc) is 2.68. The van der Waals surface area contributed by atoms with E-state index in [2.05, 4.69) is 41.5 Å². The fourth-order valence-electron chi connectivity index (χ4n) is 4.27. The Morgan fingerprint density at radius 2 is 0.786 bits per heavy atom. The van der Waals surface area contributed by atoms with E-state index in [1.54, 1.807) is 0 Å². The van der Waals surface area contributed by atoms with Crippen LogP contribution >= 0.6 is 8.25 Å². The first kappa shape index (κ1) is 28.0. The molecular formula is C24H50O3P+. The Hall–Kier alpha value is 0.0200. The minimum absolute atomic E-state index is 0.276. The largest absolute Gasteiger partial charge is 0.698 e. The lowest BCUT2D eigenvalue weighted by Gasteiger charge is -2.30. The van der Waals surface area contributed by atoms with Gasteiger partial charge in [-0.3, -0.25) is 0 Å². The highest BCUT2D eigenvalue weighted by Gasteiger charge is 2.46. The number of hydrogen-bond acceptors (Lipinski definition) is 3. The first-order valence-corrected chi connectivity index (χ1v) is 13.4. The summed E-state index contributed by atoms with van der Waals surface area (Å²) in [4.78, 5) is 0. The third-order valence-corrected chi connectivity index (χ3v) is 6.96. The third-order valence-electron chi connectivity index (χ3n) is 5.89. The summed E-state index contributed by atoms with van der Waals surface area (Å²) in [6.45, 7) is 13.3. The fourth-order valence-corrected chi connectivity index (χ4v) is 5.48. The van der Waals surface area contributed by atoms with Gasteiger partial charge < -0.3 is 0 Å². The predicted molar refractivity (Wildman–Crippen MR) is 123 cm³/mol. The third kappa shape index (κ3) is 11.3. The van der Waals surface area contributed by atoms with Crippen LogP contribution in [0.4, 0.5) is 0 Å². The van der Waals surface area contributed by atoms with Crippen LogP contribution in [0.3, 0.4) is 0 Å². The normalized spacial score (nSPS) is 12.5. The molecule has 0 aromatic heterocycles. The molecule has 0 atom stereocenters. The summed E-state index contributed by atoms with van der Waals surface area (Å²) in [6, 6.07) is 0. The maximum absolute atomic E-state index is 13.2. The molecular weight excluding hydrogens is 367 g/mol. The summed E-state index contributed by atoms with van der Waals surface area (Å²) in [5.74, 6) is 0. The van der Waals surface area contributed by atoms with E-state index in [-0.39, 0.29) is 11.2 Å². The first-order chi connectivity index (χ1) is 13.5.